The fourth-order valence-corrected chi connectivity index (χ4v) is 2.16. The van der Waals surface area contributed by atoms with E-state index in [-0.39, 0.29) is 11.5 Å². The summed E-state index contributed by atoms with van der Waals surface area (Å²) in [5, 5.41) is 0. The largest absolute Gasteiger partial charge is 0.398 e. The molecule has 17 heavy (non-hydrogen) atoms. The molecule has 0 unspecified atom stereocenters. The summed E-state index contributed by atoms with van der Waals surface area (Å²) in [6.07, 6.45) is 4.34. The highest BCUT2D eigenvalue weighted by molar-refractivity contribution is 5.99. The number of nitrogens with two attached hydrogens (primary N) is 1. The van der Waals surface area contributed by atoms with Crippen LogP contribution in [-0.2, 0) is 0 Å². The van der Waals surface area contributed by atoms with Gasteiger partial charge in [-0.3, -0.25) is 4.79 Å². The molecule has 1 amide bonds. The molecule has 1 heterocycles. The minimum Gasteiger partial charge on any atom is -0.398 e. The molecule has 0 radical (unpaired) electrons. The Hall–Kier alpha value is -1.58. The summed E-state index contributed by atoms with van der Waals surface area (Å²) in [6, 6.07) is 3.94. The van der Waals surface area contributed by atoms with Crippen LogP contribution in [0.4, 0.5) is 10.1 Å². The van der Waals surface area contributed by atoms with Crippen LogP contribution in [-0.4, -0.2) is 23.9 Å². The van der Waals surface area contributed by atoms with Crippen molar-refractivity contribution in [2.45, 2.75) is 25.7 Å². The van der Waals surface area contributed by atoms with Gasteiger partial charge in [0.15, 0.2) is 0 Å². The lowest BCUT2D eigenvalue weighted by molar-refractivity contribution is 0.0762. The molecule has 0 aliphatic carbocycles. The Morgan fingerprint density at radius 1 is 1.18 bits per heavy atom. The Morgan fingerprint density at radius 2 is 1.82 bits per heavy atom. The molecule has 92 valence electrons. The number of hydrogen-bond acceptors (Lipinski definition) is 2. The van der Waals surface area contributed by atoms with Crippen molar-refractivity contribution in [2.75, 3.05) is 18.8 Å². The van der Waals surface area contributed by atoms with Crippen LogP contribution in [0.5, 0.6) is 0 Å². The number of hydrogen-bond donors (Lipinski definition) is 1. The van der Waals surface area contributed by atoms with E-state index >= 15 is 0 Å². The zero-order valence-electron chi connectivity index (χ0n) is 9.79. The van der Waals surface area contributed by atoms with Crippen LogP contribution in [0, 0.1) is 5.82 Å². The number of likely N-dealkylation sites (tertiary alicyclic amines) is 1. The number of nitrogens with zero attached hydrogens (tertiary/aromatic N) is 1. The van der Waals surface area contributed by atoms with Crippen LogP contribution in [0.3, 0.4) is 0 Å². The molecule has 4 heteroatoms. The molecule has 0 atom stereocenters. The number of benzene rings is 1. The van der Waals surface area contributed by atoms with Gasteiger partial charge in [0.05, 0.1) is 5.56 Å². The number of anilines is 1. The monoisotopic (exact) mass is 236 g/mol. The average molecular weight is 236 g/mol. The number of halogens is 1. The molecule has 2 N–H and O–H groups in total. The van der Waals surface area contributed by atoms with Crippen LogP contribution in [0.15, 0.2) is 18.2 Å². The van der Waals surface area contributed by atoms with Gasteiger partial charge in [0.25, 0.3) is 5.91 Å². The van der Waals surface area contributed by atoms with Crippen molar-refractivity contribution in [3.05, 3.63) is 29.6 Å². The van der Waals surface area contributed by atoms with Gasteiger partial charge in [-0.15, -0.1) is 0 Å². The van der Waals surface area contributed by atoms with Crippen molar-refractivity contribution in [1.29, 1.82) is 0 Å². The van der Waals surface area contributed by atoms with Crippen molar-refractivity contribution in [1.82, 2.24) is 4.90 Å². The van der Waals surface area contributed by atoms with Crippen LogP contribution in [0.1, 0.15) is 36.0 Å². The van der Waals surface area contributed by atoms with Crippen molar-refractivity contribution < 1.29 is 9.18 Å². The summed E-state index contributed by atoms with van der Waals surface area (Å²) in [4.78, 5) is 14.0. The van der Waals surface area contributed by atoms with Gasteiger partial charge in [0.1, 0.15) is 5.82 Å². The minimum atomic E-state index is -0.419. The van der Waals surface area contributed by atoms with Crippen LogP contribution < -0.4 is 5.73 Å². The fraction of sp³-hybridized carbons (Fsp3) is 0.462. The highest BCUT2D eigenvalue weighted by Gasteiger charge is 2.19. The maximum Gasteiger partial charge on any atom is 0.256 e. The molecule has 1 aromatic rings. The Labute approximate surface area is 100 Å². The molecule has 0 bridgehead atoms. The summed E-state index contributed by atoms with van der Waals surface area (Å²) in [7, 11) is 0. The Balaban J connectivity index is 2.20. The second-order valence-electron chi connectivity index (χ2n) is 4.44. The molecular formula is C13H17FN2O. The minimum absolute atomic E-state index is 0.149. The normalized spacial score (nSPS) is 16.6. The topological polar surface area (TPSA) is 46.3 Å². The second-order valence-corrected chi connectivity index (χ2v) is 4.44. The van der Waals surface area contributed by atoms with Crippen molar-refractivity contribution in [2.24, 2.45) is 0 Å². The van der Waals surface area contributed by atoms with E-state index in [0.29, 0.717) is 5.69 Å². The zero-order chi connectivity index (χ0) is 12.3. The summed E-state index contributed by atoms with van der Waals surface area (Å²) in [6.45, 7) is 1.49. The smallest absolute Gasteiger partial charge is 0.256 e. The molecule has 0 saturated carbocycles. The quantitative estimate of drug-likeness (QED) is 0.761. The van der Waals surface area contributed by atoms with Gasteiger partial charge in [0.2, 0.25) is 0 Å². The molecule has 1 aromatic carbocycles. The lowest BCUT2D eigenvalue weighted by Gasteiger charge is -2.21. The number of carbonyl (C=O) groups is 1. The van der Waals surface area contributed by atoms with Gasteiger partial charge < -0.3 is 10.6 Å². The van der Waals surface area contributed by atoms with E-state index in [1.165, 1.54) is 18.2 Å². The second kappa shape index (κ2) is 5.17. The highest BCUT2D eigenvalue weighted by atomic mass is 19.1. The maximum absolute atomic E-state index is 13.1. The first-order chi connectivity index (χ1) is 8.18. The van der Waals surface area contributed by atoms with E-state index < -0.39 is 5.82 Å². The Bertz CT molecular complexity index is 412. The van der Waals surface area contributed by atoms with E-state index in [0.717, 1.165) is 38.8 Å². The van der Waals surface area contributed by atoms with E-state index in [1.54, 1.807) is 4.90 Å². The Morgan fingerprint density at radius 3 is 2.47 bits per heavy atom. The standard InChI is InChI=1S/C13H17FN2O/c14-10-5-6-12(15)11(9-10)13(17)16-7-3-1-2-4-8-16/h5-6,9H,1-4,7-8,15H2. The fourth-order valence-electron chi connectivity index (χ4n) is 2.16. The van der Waals surface area contributed by atoms with Gasteiger partial charge in [-0.2, -0.15) is 0 Å². The molecule has 1 saturated heterocycles. The van der Waals surface area contributed by atoms with Crippen LogP contribution >= 0.6 is 0 Å². The highest BCUT2D eigenvalue weighted by Crippen LogP contribution is 2.18. The van der Waals surface area contributed by atoms with Crippen molar-refractivity contribution >= 4 is 11.6 Å². The third-order valence-corrected chi connectivity index (χ3v) is 3.14. The molecule has 1 aliphatic heterocycles. The molecule has 3 nitrogen and oxygen atoms in total. The third kappa shape index (κ3) is 2.75. The summed E-state index contributed by atoms with van der Waals surface area (Å²) in [5.41, 5.74) is 6.35. The third-order valence-electron chi connectivity index (χ3n) is 3.14. The number of carbonyl (C=O) groups excluding carboxylic acids is 1. The molecule has 2 rings (SSSR count). The van der Waals surface area contributed by atoms with Crippen molar-refractivity contribution in [3.8, 4) is 0 Å². The van der Waals surface area contributed by atoms with E-state index in [1.807, 2.05) is 0 Å². The first-order valence-corrected chi connectivity index (χ1v) is 6.03. The predicted molar refractivity (Wildman–Crippen MR) is 65.2 cm³/mol. The summed E-state index contributed by atoms with van der Waals surface area (Å²) >= 11 is 0. The van der Waals surface area contributed by atoms with E-state index in [4.69, 9.17) is 5.73 Å². The first kappa shape index (κ1) is 11.9. The molecule has 1 fully saturated rings. The molecule has 0 spiro atoms. The predicted octanol–water partition coefficient (Wildman–Crippen LogP) is 2.42. The van der Waals surface area contributed by atoms with Crippen molar-refractivity contribution in [3.63, 3.8) is 0 Å². The number of rotatable bonds is 1. The van der Waals surface area contributed by atoms with Gasteiger partial charge in [-0.05, 0) is 31.0 Å². The van der Waals surface area contributed by atoms with Crippen LogP contribution in [0.25, 0.3) is 0 Å². The van der Waals surface area contributed by atoms with Crippen LogP contribution in [0.2, 0.25) is 0 Å². The van der Waals surface area contributed by atoms with Gasteiger partial charge in [-0.25, -0.2) is 4.39 Å². The Kier molecular flexibility index (Phi) is 3.61. The lowest BCUT2D eigenvalue weighted by atomic mass is 10.1. The number of amides is 1. The summed E-state index contributed by atoms with van der Waals surface area (Å²) in [5.74, 6) is -0.568. The first-order valence-electron chi connectivity index (χ1n) is 6.03. The maximum atomic E-state index is 13.1. The van der Waals surface area contributed by atoms with E-state index in [9.17, 15) is 9.18 Å². The van der Waals surface area contributed by atoms with Gasteiger partial charge in [0, 0.05) is 18.8 Å². The lowest BCUT2D eigenvalue weighted by Crippen LogP contribution is -2.32. The van der Waals surface area contributed by atoms with Gasteiger partial charge >= 0.3 is 0 Å². The van der Waals surface area contributed by atoms with E-state index in [2.05, 4.69) is 0 Å². The molecule has 0 aromatic heterocycles. The molecular weight excluding hydrogens is 219 g/mol. The number of nitrogen functional groups attached to an aromatic ring is 1. The zero-order valence-corrected chi connectivity index (χ0v) is 9.79. The van der Waals surface area contributed by atoms with Gasteiger partial charge in [-0.1, -0.05) is 12.8 Å². The summed E-state index contributed by atoms with van der Waals surface area (Å²) < 4.78 is 13.1. The molecule has 1 aliphatic rings. The SMILES string of the molecule is Nc1ccc(F)cc1C(=O)N1CCCCCC1. The average Bonchev–Trinajstić information content (AvgIpc) is 2.60.